The van der Waals surface area contributed by atoms with Crippen LogP contribution in [0.25, 0.3) is 0 Å². The highest BCUT2D eigenvalue weighted by atomic mass is 35.5. The van der Waals surface area contributed by atoms with Gasteiger partial charge in [-0.1, -0.05) is 11.6 Å². The zero-order valence-corrected chi connectivity index (χ0v) is 14.3. The van der Waals surface area contributed by atoms with E-state index in [1.165, 1.54) is 18.0 Å². The maximum Gasteiger partial charge on any atom is 0.360 e. The molecule has 0 bridgehead atoms. The largest absolute Gasteiger partial charge is 0.464 e. The molecule has 2 heterocycles. The van der Waals surface area contributed by atoms with Gasteiger partial charge in [-0.15, -0.1) is 0 Å². The van der Waals surface area contributed by atoms with Gasteiger partial charge >= 0.3 is 5.97 Å². The Kier molecular flexibility index (Phi) is 4.74. The highest BCUT2D eigenvalue weighted by Gasteiger charge is 2.24. The van der Waals surface area contributed by atoms with Gasteiger partial charge in [0.1, 0.15) is 6.04 Å². The van der Waals surface area contributed by atoms with E-state index in [0.717, 1.165) is 0 Å². The molecule has 0 aliphatic carbocycles. The lowest BCUT2D eigenvalue weighted by atomic mass is 10.2. The van der Waals surface area contributed by atoms with Gasteiger partial charge in [-0.25, -0.2) is 4.79 Å². The van der Waals surface area contributed by atoms with Crippen LogP contribution in [0.2, 0.25) is 5.02 Å². The number of rotatable bonds is 4. The summed E-state index contributed by atoms with van der Waals surface area (Å²) in [6.07, 6.45) is 1.53. The number of methoxy groups -OCH3 is 1. The number of hydrogen-bond acceptors (Lipinski definition) is 5. The molecule has 2 aromatic rings. The minimum absolute atomic E-state index is 0.0435. The molecule has 8 nitrogen and oxygen atoms in total. The van der Waals surface area contributed by atoms with Crippen LogP contribution in [0.15, 0.2) is 6.20 Å². The molecular formula is C14H18ClN5O3. The summed E-state index contributed by atoms with van der Waals surface area (Å²) >= 11 is 6.11. The van der Waals surface area contributed by atoms with Crippen LogP contribution in [0.4, 0.5) is 5.69 Å². The van der Waals surface area contributed by atoms with Crippen molar-refractivity contribution in [2.45, 2.75) is 26.8 Å². The van der Waals surface area contributed by atoms with Crippen molar-refractivity contribution in [1.29, 1.82) is 0 Å². The molecule has 1 amide bonds. The van der Waals surface area contributed by atoms with Gasteiger partial charge in [0.25, 0.3) is 0 Å². The Morgan fingerprint density at radius 3 is 2.52 bits per heavy atom. The lowest BCUT2D eigenvalue weighted by Crippen LogP contribution is -2.26. The number of halogens is 1. The summed E-state index contributed by atoms with van der Waals surface area (Å²) in [7, 11) is 2.90. The molecule has 1 unspecified atom stereocenters. The lowest BCUT2D eigenvalue weighted by molar-refractivity contribution is -0.119. The average Bonchev–Trinajstić information content (AvgIpc) is 3.00. The monoisotopic (exact) mass is 339 g/mol. The van der Waals surface area contributed by atoms with Crippen LogP contribution in [-0.4, -0.2) is 38.5 Å². The molecule has 1 atom stereocenters. The van der Waals surface area contributed by atoms with Crippen molar-refractivity contribution in [3.63, 3.8) is 0 Å². The zero-order valence-electron chi connectivity index (χ0n) is 13.5. The third kappa shape index (κ3) is 3.21. The van der Waals surface area contributed by atoms with Gasteiger partial charge in [-0.2, -0.15) is 10.2 Å². The molecule has 2 aromatic heterocycles. The fraction of sp³-hybridized carbons (Fsp3) is 0.429. The lowest BCUT2D eigenvalue weighted by Gasteiger charge is -2.14. The number of carbonyl (C=O) groups excluding carboxylic acids is 2. The third-order valence-electron chi connectivity index (χ3n) is 3.45. The topological polar surface area (TPSA) is 91.0 Å². The number of hydrogen-bond donors (Lipinski definition) is 1. The summed E-state index contributed by atoms with van der Waals surface area (Å²) in [5.41, 5.74) is 1.68. The quantitative estimate of drug-likeness (QED) is 0.859. The van der Waals surface area contributed by atoms with Gasteiger partial charge in [0.2, 0.25) is 5.91 Å². The number of anilines is 1. The minimum Gasteiger partial charge on any atom is -0.464 e. The Morgan fingerprint density at radius 1 is 1.35 bits per heavy atom. The summed E-state index contributed by atoms with van der Waals surface area (Å²) in [5, 5.41) is 11.5. The molecule has 0 aliphatic heterocycles. The Bertz CT molecular complexity index is 765. The number of aromatic nitrogens is 4. The van der Waals surface area contributed by atoms with E-state index in [9.17, 15) is 9.59 Å². The molecule has 0 spiro atoms. The van der Waals surface area contributed by atoms with E-state index in [2.05, 4.69) is 20.3 Å². The zero-order chi connectivity index (χ0) is 17.3. The van der Waals surface area contributed by atoms with Crippen LogP contribution >= 0.6 is 11.6 Å². The number of nitrogens with zero attached hydrogens (tertiary/aromatic N) is 4. The molecule has 0 saturated heterocycles. The molecule has 23 heavy (non-hydrogen) atoms. The normalized spacial score (nSPS) is 12.1. The molecule has 0 saturated carbocycles. The Morgan fingerprint density at radius 2 is 2.00 bits per heavy atom. The van der Waals surface area contributed by atoms with Gasteiger partial charge < -0.3 is 10.1 Å². The SMILES string of the molecule is COC(=O)c1nn(C)cc1NC(=O)C(C)n1nc(C)c(Cl)c1C. The summed E-state index contributed by atoms with van der Waals surface area (Å²) < 4.78 is 7.62. The maximum absolute atomic E-state index is 12.5. The van der Waals surface area contributed by atoms with E-state index in [1.807, 2.05) is 0 Å². The van der Waals surface area contributed by atoms with E-state index < -0.39 is 12.0 Å². The van der Waals surface area contributed by atoms with E-state index in [1.54, 1.807) is 32.5 Å². The summed E-state index contributed by atoms with van der Waals surface area (Å²) in [4.78, 5) is 24.1. The fourth-order valence-electron chi connectivity index (χ4n) is 2.20. The number of ether oxygens (including phenoxy) is 1. The van der Waals surface area contributed by atoms with Crippen molar-refractivity contribution >= 4 is 29.2 Å². The first kappa shape index (κ1) is 17.0. The molecule has 0 radical (unpaired) electrons. The molecule has 0 aliphatic rings. The second-order valence-corrected chi connectivity index (χ2v) is 5.53. The van der Waals surface area contributed by atoms with Gasteiger partial charge in [0.05, 0.1) is 29.2 Å². The molecule has 2 rings (SSSR count). The Balaban J connectivity index is 2.25. The standard InChI is InChI=1S/C14H18ClN5O3/c1-7-11(15)8(2)20(17-7)9(3)13(21)16-10-6-19(4)18-12(10)14(22)23-5/h6,9H,1-5H3,(H,16,21). The summed E-state index contributed by atoms with van der Waals surface area (Å²) in [6, 6.07) is -0.605. The highest BCUT2D eigenvalue weighted by Crippen LogP contribution is 2.23. The van der Waals surface area contributed by atoms with Crippen LogP contribution in [-0.2, 0) is 16.6 Å². The van der Waals surface area contributed by atoms with Crippen LogP contribution in [0, 0.1) is 13.8 Å². The minimum atomic E-state index is -0.622. The van der Waals surface area contributed by atoms with Crippen molar-refractivity contribution in [3.05, 3.63) is 28.3 Å². The Labute approximate surface area is 138 Å². The summed E-state index contributed by atoms with van der Waals surface area (Å²) in [6.45, 7) is 5.25. The van der Waals surface area contributed by atoms with Crippen molar-refractivity contribution in [3.8, 4) is 0 Å². The first-order chi connectivity index (χ1) is 10.8. The van der Waals surface area contributed by atoms with E-state index in [4.69, 9.17) is 11.6 Å². The molecule has 0 aromatic carbocycles. The maximum atomic E-state index is 12.5. The van der Waals surface area contributed by atoms with Crippen molar-refractivity contribution in [2.24, 2.45) is 7.05 Å². The van der Waals surface area contributed by atoms with E-state index in [0.29, 0.717) is 16.4 Å². The summed E-state index contributed by atoms with van der Waals surface area (Å²) in [5.74, 6) is -0.965. The van der Waals surface area contributed by atoms with Crippen LogP contribution in [0.3, 0.4) is 0 Å². The fourth-order valence-corrected chi connectivity index (χ4v) is 2.32. The second kappa shape index (κ2) is 6.41. The van der Waals surface area contributed by atoms with Gasteiger partial charge in [0, 0.05) is 13.2 Å². The number of carbonyl (C=O) groups is 2. The number of amides is 1. The second-order valence-electron chi connectivity index (χ2n) is 5.15. The van der Waals surface area contributed by atoms with Crippen LogP contribution in [0.5, 0.6) is 0 Å². The molecule has 124 valence electrons. The number of aryl methyl sites for hydroxylation is 2. The van der Waals surface area contributed by atoms with Gasteiger partial charge in [-0.3, -0.25) is 14.2 Å². The first-order valence-electron chi connectivity index (χ1n) is 6.90. The number of nitrogens with one attached hydrogen (secondary N) is 1. The van der Waals surface area contributed by atoms with E-state index in [-0.39, 0.29) is 17.3 Å². The molecule has 9 heteroatoms. The van der Waals surface area contributed by atoms with Crippen molar-refractivity contribution in [2.75, 3.05) is 12.4 Å². The Hall–Kier alpha value is -2.35. The predicted molar refractivity (Wildman–Crippen MR) is 84.6 cm³/mol. The third-order valence-corrected chi connectivity index (χ3v) is 4.00. The van der Waals surface area contributed by atoms with Crippen LogP contribution < -0.4 is 5.32 Å². The highest BCUT2D eigenvalue weighted by molar-refractivity contribution is 6.31. The average molecular weight is 340 g/mol. The molecule has 1 N–H and O–H groups in total. The van der Waals surface area contributed by atoms with Crippen molar-refractivity contribution < 1.29 is 14.3 Å². The van der Waals surface area contributed by atoms with Crippen molar-refractivity contribution in [1.82, 2.24) is 19.6 Å². The predicted octanol–water partition coefficient (Wildman–Crippen LogP) is 1.87. The number of esters is 1. The molecule has 0 fully saturated rings. The van der Waals surface area contributed by atoms with Gasteiger partial charge in [-0.05, 0) is 20.8 Å². The van der Waals surface area contributed by atoms with Gasteiger partial charge in [0.15, 0.2) is 5.69 Å². The smallest absolute Gasteiger partial charge is 0.360 e. The van der Waals surface area contributed by atoms with E-state index >= 15 is 0 Å². The molecular weight excluding hydrogens is 322 g/mol. The first-order valence-corrected chi connectivity index (χ1v) is 7.28. The van der Waals surface area contributed by atoms with Crippen LogP contribution in [0.1, 0.15) is 34.8 Å².